The fourth-order valence-corrected chi connectivity index (χ4v) is 2.21. The van der Waals surface area contributed by atoms with Crippen LogP contribution in [0.15, 0.2) is 18.2 Å². The zero-order valence-corrected chi connectivity index (χ0v) is 9.32. The topological polar surface area (TPSA) is 12.0 Å². The number of rotatable bonds is 4. The van der Waals surface area contributed by atoms with Gasteiger partial charge in [-0.1, -0.05) is 18.2 Å². The zero-order chi connectivity index (χ0) is 9.80. The van der Waals surface area contributed by atoms with Gasteiger partial charge in [0.1, 0.15) is 0 Å². The Kier molecular flexibility index (Phi) is 3.49. The minimum atomic E-state index is 0.908. The van der Waals surface area contributed by atoms with Gasteiger partial charge in [-0.15, -0.1) is 0 Å². The minimum absolute atomic E-state index is 0.908. The summed E-state index contributed by atoms with van der Waals surface area (Å²) >= 11 is 4.17. The molecule has 2 rings (SSSR count). The lowest BCUT2D eigenvalue weighted by Gasteiger charge is -2.05. The van der Waals surface area contributed by atoms with Crippen LogP contribution in [0.3, 0.4) is 0 Å². The molecule has 0 saturated heterocycles. The number of aryl methyl sites for hydroxylation is 2. The summed E-state index contributed by atoms with van der Waals surface area (Å²) in [5, 5.41) is 3.37. The molecule has 1 aliphatic rings. The van der Waals surface area contributed by atoms with Crippen molar-refractivity contribution < 1.29 is 0 Å². The quantitative estimate of drug-likeness (QED) is 0.570. The van der Waals surface area contributed by atoms with Crippen molar-refractivity contribution in [2.24, 2.45) is 0 Å². The van der Waals surface area contributed by atoms with E-state index in [1.165, 1.54) is 24.8 Å². The molecule has 1 aromatic carbocycles. The Morgan fingerprint density at radius 1 is 1.21 bits per heavy atom. The van der Waals surface area contributed by atoms with Crippen LogP contribution in [0.2, 0.25) is 0 Å². The van der Waals surface area contributed by atoms with Crippen LogP contribution in [-0.2, 0) is 19.4 Å². The summed E-state index contributed by atoms with van der Waals surface area (Å²) in [5.74, 6) is 0.908. The molecule has 76 valence electrons. The first-order chi connectivity index (χ1) is 6.90. The van der Waals surface area contributed by atoms with Crippen LogP contribution in [-0.4, -0.2) is 12.3 Å². The van der Waals surface area contributed by atoms with E-state index in [0.717, 1.165) is 18.8 Å². The summed E-state index contributed by atoms with van der Waals surface area (Å²) in [7, 11) is 0. The third-order valence-electron chi connectivity index (χ3n) is 2.78. The van der Waals surface area contributed by atoms with Gasteiger partial charge in [-0.05, 0) is 36.0 Å². The highest BCUT2D eigenvalue weighted by molar-refractivity contribution is 7.80. The second-order valence-corrected chi connectivity index (χ2v) is 4.30. The van der Waals surface area contributed by atoms with Gasteiger partial charge in [0, 0.05) is 18.8 Å². The Hall–Kier alpha value is -0.470. The van der Waals surface area contributed by atoms with Crippen LogP contribution in [0.25, 0.3) is 0 Å². The molecule has 0 unspecified atom stereocenters. The first-order valence-corrected chi connectivity index (χ1v) is 5.95. The predicted molar refractivity (Wildman–Crippen MR) is 64.0 cm³/mol. The van der Waals surface area contributed by atoms with Crippen molar-refractivity contribution >= 4 is 12.6 Å². The van der Waals surface area contributed by atoms with Crippen molar-refractivity contribution in [1.29, 1.82) is 0 Å². The van der Waals surface area contributed by atoms with Crippen molar-refractivity contribution in [3.8, 4) is 0 Å². The summed E-state index contributed by atoms with van der Waals surface area (Å²) in [6.45, 7) is 1.97. The van der Waals surface area contributed by atoms with Gasteiger partial charge >= 0.3 is 0 Å². The number of thiol groups is 1. The molecule has 1 nitrogen and oxygen atoms in total. The molecule has 1 aliphatic carbocycles. The standard InChI is InChI=1S/C12H17NS/c14-7-6-13-9-10-4-5-11-2-1-3-12(11)8-10/h4-5,8,13-14H,1-3,6-7,9H2. The van der Waals surface area contributed by atoms with E-state index in [9.17, 15) is 0 Å². The highest BCUT2D eigenvalue weighted by Gasteiger charge is 2.10. The van der Waals surface area contributed by atoms with Crippen molar-refractivity contribution in [3.05, 3.63) is 34.9 Å². The average Bonchev–Trinajstić information content (AvgIpc) is 2.65. The van der Waals surface area contributed by atoms with Gasteiger partial charge in [0.05, 0.1) is 0 Å². The molecule has 0 radical (unpaired) electrons. The summed E-state index contributed by atoms with van der Waals surface area (Å²) in [6.07, 6.45) is 3.89. The lowest BCUT2D eigenvalue weighted by atomic mass is 10.1. The van der Waals surface area contributed by atoms with Crippen LogP contribution < -0.4 is 5.32 Å². The molecular weight excluding hydrogens is 190 g/mol. The van der Waals surface area contributed by atoms with Crippen LogP contribution in [0.5, 0.6) is 0 Å². The molecular formula is C12H17NS. The molecule has 14 heavy (non-hydrogen) atoms. The fourth-order valence-electron chi connectivity index (χ4n) is 2.05. The lowest BCUT2D eigenvalue weighted by molar-refractivity contribution is 0.732. The van der Waals surface area contributed by atoms with E-state index in [4.69, 9.17) is 0 Å². The first kappa shape index (κ1) is 10.1. The normalized spacial score (nSPS) is 14.4. The molecule has 0 spiro atoms. The van der Waals surface area contributed by atoms with E-state index in [1.807, 2.05) is 0 Å². The highest BCUT2D eigenvalue weighted by atomic mass is 32.1. The van der Waals surface area contributed by atoms with Crippen molar-refractivity contribution in [1.82, 2.24) is 5.32 Å². The number of hydrogen-bond donors (Lipinski definition) is 2. The number of hydrogen-bond acceptors (Lipinski definition) is 2. The second-order valence-electron chi connectivity index (χ2n) is 3.86. The maximum atomic E-state index is 4.17. The second kappa shape index (κ2) is 4.85. The number of fused-ring (bicyclic) bond motifs is 1. The summed E-state index contributed by atoms with van der Waals surface area (Å²) in [5.41, 5.74) is 4.53. The van der Waals surface area contributed by atoms with E-state index in [2.05, 4.69) is 36.1 Å². The number of benzene rings is 1. The van der Waals surface area contributed by atoms with E-state index < -0.39 is 0 Å². The first-order valence-electron chi connectivity index (χ1n) is 5.32. The van der Waals surface area contributed by atoms with E-state index >= 15 is 0 Å². The van der Waals surface area contributed by atoms with Gasteiger partial charge in [-0.2, -0.15) is 12.6 Å². The van der Waals surface area contributed by atoms with Crippen LogP contribution in [0.4, 0.5) is 0 Å². The fraction of sp³-hybridized carbons (Fsp3) is 0.500. The third-order valence-corrected chi connectivity index (χ3v) is 3.00. The molecule has 0 aliphatic heterocycles. The Balaban J connectivity index is 1.98. The molecule has 1 N–H and O–H groups in total. The summed E-state index contributed by atoms with van der Waals surface area (Å²) < 4.78 is 0. The van der Waals surface area contributed by atoms with E-state index in [0.29, 0.717) is 0 Å². The van der Waals surface area contributed by atoms with Crippen LogP contribution >= 0.6 is 12.6 Å². The monoisotopic (exact) mass is 207 g/mol. The van der Waals surface area contributed by atoms with Crippen LogP contribution in [0, 0.1) is 0 Å². The van der Waals surface area contributed by atoms with Gasteiger partial charge in [0.15, 0.2) is 0 Å². The van der Waals surface area contributed by atoms with Gasteiger partial charge in [0.25, 0.3) is 0 Å². The van der Waals surface area contributed by atoms with Crippen molar-refractivity contribution in [2.75, 3.05) is 12.3 Å². The Bertz CT molecular complexity index is 309. The highest BCUT2D eigenvalue weighted by Crippen LogP contribution is 2.22. The van der Waals surface area contributed by atoms with Crippen molar-refractivity contribution in [2.45, 2.75) is 25.8 Å². The van der Waals surface area contributed by atoms with Crippen molar-refractivity contribution in [3.63, 3.8) is 0 Å². The van der Waals surface area contributed by atoms with Gasteiger partial charge < -0.3 is 5.32 Å². The molecule has 0 heterocycles. The SMILES string of the molecule is SCCNCc1ccc2c(c1)CCC2. The lowest BCUT2D eigenvalue weighted by Crippen LogP contribution is -2.15. The molecule has 0 bridgehead atoms. The summed E-state index contributed by atoms with van der Waals surface area (Å²) in [6, 6.07) is 6.89. The predicted octanol–water partition coefficient (Wildman–Crippen LogP) is 2.19. The molecule has 0 fully saturated rings. The maximum Gasteiger partial charge on any atom is 0.0205 e. The Morgan fingerprint density at radius 2 is 2.07 bits per heavy atom. The minimum Gasteiger partial charge on any atom is -0.312 e. The van der Waals surface area contributed by atoms with Gasteiger partial charge in [-0.3, -0.25) is 0 Å². The largest absolute Gasteiger partial charge is 0.312 e. The van der Waals surface area contributed by atoms with Gasteiger partial charge in [0.2, 0.25) is 0 Å². The summed E-state index contributed by atoms with van der Waals surface area (Å²) in [4.78, 5) is 0. The number of nitrogens with one attached hydrogen (secondary N) is 1. The third kappa shape index (κ3) is 2.31. The molecule has 0 amide bonds. The maximum absolute atomic E-state index is 4.17. The molecule has 0 saturated carbocycles. The zero-order valence-electron chi connectivity index (χ0n) is 8.42. The van der Waals surface area contributed by atoms with Crippen LogP contribution in [0.1, 0.15) is 23.1 Å². The Morgan fingerprint density at radius 3 is 2.93 bits per heavy atom. The van der Waals surface area contributed by atoms with Gasteiger partial charge in [-0.25, -0.2) is 0 Å². The average molecular weight is 207 g/mol. The molecule has 0 atom stereocenters. The van der Waals surface area contributed by atoms with E-state index in [-0.39, 0.29) is 0 Å². The molecule has 1 aromatic rings. The molecule has 0 aromatic heterocycles. The van der Waals surface area contributed by atoms with E-state index in [1.54, 1.807) is 11.1 Å². The molecule has 2 heteroatoms. The smallest absolute Gasteiger partial charge is 0.0205 e. The Labute approximate surface area is 91.3 Å².